The highest BCUT2D eigenvalue weighted by Crippen LogP contribution is 2.31. The Morgan fingerprint density at radius 2 is 2.00 bits per heavy atom. The minimum Gasteiger partial charge on any atom is -0.458 e. The van der Waals surface area contributed by atoms with E-state index in [1.807, 2.05) is 45.9 Å². The minimum atomic E-state index is -0.612. The van der Waals surface area contributed by atoms with Gasteiger partial charge in [-0.1, -0.05) is 6.07 Å². The molecule has 130 valence electrons. The maximum atomic E-state index is 12.3. The lowest BCUT2D eigenvalue weighted by atomic mass is 10.0. The zero-order valence-corrected chi connectivity index (χ0v) is 15.3. The van der Waals surface area contributed by atoms with E-state index < -0.39 is 11.6 Å². The van der Waals surface area contributed by atoms with Crippen LogP contribution in [0, 0.1) is 6.92 Å². The van der Waals surface area contributed by atoms with Crippen molar-refractivity contribution >= 4 is 35.3 Å². The van der Waals surface area contributed by atoms with Crippen molar-refractivity contribution in [1.29, 1.82) is 0 Å². The number of nitrogens with zero attached hydrogens (tertiary/aromatic N) is 3. The number of carbonyl (C=O) groups is 1. The number of esters is 1. The molecule has 1 aromatic heterocycles. The third-order valence-electron chi connectivity index (χ3n) is 3.47. The fourth-order valence-corrected chi connectivity index (χ4v) is 2.76. The first-order valence-corrected chi connectivity index (χ1v) is 8.27. The summed E-state index contributed by atoms with van der Waals surface area (Å²) in [5.74, 6) is 0.262. The number of hydrogen-bond acceptors (Lipinski definition) is 6. The average Bonchev–Trinajstić information content (AvgIpc) is 2.87. The summed E-state index contributed by atoms with van der Waals surface area (Å²) >= 11 is 5.88. The summed E-state index contributed by atoms with van der Waals surface area (Å²) in [5, 5.41) is 3.37. The molecule has 0 spiro atoms. The molecular weight excluding hydrogens is 340 g/mol. The second kappa shape index (κ2) is 6.44. The predicted octanol–water partition coefficient (Wildman–Crippen LogP) is 4.00. The molecule has 0 aliphatic carbocycles. The predicted molar refractivity (Wildman–Crippen MR) is 97.7 cm³/mol. The van der Waals surface area contributed by atoms with Gasteiger partial charge in [0.25, 0.3) is 0 Å². The molecule has 0 amide bonds. The number of halogens is 1. The summed E-state index contributed by atoms with van der Waals surface area (Å²) in [6.45, 7) is 7.37. The number of benzene rings is 1. The number of aromatic nitrogens is 2. The summed E-state index contributed by atoms with van der Waals surface area (Å²) in [4.78, 5) is 24.8. The first-order chi connectivity index (χ1) is 11.7. The van der Waals surface area contributed by atoms with Gasteiger partial charge in [0.05, 0.1) is 0 Å². The molecule has 1 aliphatic heterocycles. The first-order valence-electron chi connectivity index (χ1n) is 7.89. The third-order valence-corrected chi connectivity index (χ3v) is 3.64. The van der Waals surface area contributed by atoms with Crippen LogP contribution >= 0.6 is 11.6 Å². The van der Waals surface area contributed by atoms with Crippen molar-refractivity contribution < 1.29 is 9.53 Å². The van der Waals surface area contributed by atoms with Crippen LogP contribution in [-0.4, -0.2) is 27.8 Å². The zero-order valence-electron chi connectivity index (χ0n) is 14.5. The molecule has 2 heterocycles. The standard InChI is InChI=1S/C18H19ClN4O2/c1-10-7-14(23-17(19)21-10)22-12-5-6-13-11(8-12)9-20-15(13)16(24)25-18(2,3)4/h5-9,15H,1-4H3,(H,21,22,23). The van der Waals surface area contributed by atoms with Crippen LogP contribution in [0.2, 0.25) is 5.28 Å². The topological polar surface area (TPSA) is 76.5 Å². The summed E-state index contributed by atoms with van der Waals surface area (Å²) in [7, 11) is 0. The second-order valence-corrected chi connectivity index (χ2v) is 7.18. The molecule has 1 aliphatic rings. The van der Waals surface area contributed by atoms with E-state index in [-0.39, 0.29) is 11.3 Å². The highest BCUT2D eigenvalue weighted by atomic mass is 35.5. The summed E-state index contributed by atoms with van der Waals surface area (Å²) in [5.41, 5.74) is 2.76. The van der Waals surface area contributed by atoms with Crippen LogP contribution in [0.15, 0.2) is 29.3 Å². The maximum absolute atomic E-state index is 12.3. The van der Waals surface area contributed by atoms with Gasteiger partial charge < -0.3 is 10.1 Å². The molecular formula is C18H19ClN4O2. The molecule has 6 nitrogen and oxygen atoms in total. The van der Waals surface area contributed by atoms with Crippen LogP contribution in [0.1, 0.15) is 43.6 Å². The molecule has 1 N–H and O–H groups in total. The molecule has 0 bridgehead atoms. The minimum absolute atomic E-state index is 0.190. The lowest BCUT2D eigenvalue weighted by Crippen LogP contribution is -2.26. The second-order valence-electron chi connectivity index (χ2n) is 6.85. The van der Waals surface area contributed by atoms with Gasteiger partial charge in [-0.15, -0.1) is 0 Å². The van der Waals surface area contributed by atoms with Gasteiger partial charge >= 0.3 is 5.97 Å². The van der Waals surface area contributed by atoms with Gasteiger partial charge in [0, 0.05) is 29.2 Å². The summed E-state index contributed by atoms with van der Waals surface area (Å²) in [6.07, 6.45) is 1.69. The number of carbonyl (C=O) groups excluding carboxylic acids is 1. The summed E-state index contributed by atoms with van der Waals surface area (Å²) < 4.78 is 5.43. The molecule has 2 aromatic rings. The van der Waals surface area contributed by atoms with Crippen LogP contribution in [0.5, 0.6) is 0 Å². The van der Waals surface area contributed by atoms with Crippen LogP contribution in [0.3, 0.4) is 0 Å². The molecule has 1 aromatic carbocycles. The van der Waals surface area contributed by atoms with Gasteiger partial charge in [-0.25, -0.2) is 14.8 Å². The molecule has 1 atom stereocenters. The number of fused-ring (bicyclic) bond motifs is 1. The van der Waals surface area contributed by atoms with Crippen LogP contribution in [0.4, 0.5) is 11.5 Å². The molecule has 3 rings (SSSR count). The van der Waals surface area contributed by atoms with Crippen molar-refractivity contribution in [2.24, 2.45) is 4.99 Å². The monoisotopic (exact) mass is 358 g/mol. The Hall–Kier alpha value is -2.47. The van der Waals surface area contributed by atoms with Gasteiger partial charge in [-0.05, 0) is 57.0 Å². The molecule has 0 fully saturated rings. The Balaban J connectivity index is 1.80. The lowest BCUT2D eigenvalue weighted by molar-refractivity contribution is -0.156. The van der Waals surface area contributed by atoms with Crippen LogP contribution < -0.4 is 5.32 Å². The molecule has 7 heteroatoms. The Morgan fingerprint density at radius 3 is 2.68 bits per heavy atom. The van der Waals surface area contributed by atoms with Crippen molar-refractivity contribution in [1.82, 2.24) is 9.97 Å². The van der Waals surface area contributed by atoms with E-state index in [9.17, 15) is 4.79 Å². The van der Waals surface area contributed by atoms with Crippen molar-refractivity contribution in [2.45, 2.75) is 39.3 Å². The van der Waals surface area contributed by atoms with Crippen LogP contribution in [0.25, 0.3) is 0 Å². The molecule has 0 saturated heterocycles. The number of aryl methyl sites for hydroxylation is 1. The number of anilines is 2. The van der Waals surface area contributed by atoms with E-state index in [4.69, 9.17) is 16.3 Å². The third kappa shape index (κ3) is 4.14. The van der Waals surface area contributed by atoms with Gasteiger partial charge in [0.1, 0.15) is 11.4 Å². The van der Waals surface area contributed by atoms with Gasteiger partial charge in [0.15, 0.2) is 6.04 Å². The SMILES string of the molecule is Cc1cc(Nc2ccc3c(c2)C=NC3C(=O)OC(C)(C)C)nc(Cl)n1. The Labute approximate surface area is 151 Å². The van der Waals surface area contributed by atoms with E-state index in [2.05, 4.69) is 20.3 Å². The Morgan fingerprint density at radius 1 is 1.24 bits per heavy atom. The smallest absolute Gasteiger partial charge is 0.336 e. The van der Waals surface area contributed by atoms with Crippen molar-refractivity contribution in [3.63, 3.8) is 0 Å². The van der Waals surface area contributed by atoms with E-state index in [1.54, 1.807) is 12.3 Å². The van der Waals surface area contributed by atoms with Crippen molar-refractivity contribution in [3.05, 3.63) is 46.4 Å². The van der Waals surface area contributed by atoms with E-state index in [1.165, 1.54) is 0 Å². The lowest BCUT2D eigenvalue weighted by Gasteiger charge is -2.21. The van der Waals surface area contributed by atoms with Gasteiger partial charge in [0.2, 0.25) is 5.28 Å². The zero-order chi connectivity index (χ0) is 18.2. The highest BCUT2D eigenvalue weighted by Gasteiger charge is 2.30. The molecule has 0 saturated carbocycles. The fraction of sp³-hybridized carbons (Fsp3) is 0.333. The number of ether oxygens (including phenoxy) is 1. The maximum Gasteiger partial charge on any atom is 0.336 e. The van der Waals surface area contributed by atoms with E-state index in [0.29, 0.717) is 5.82 Å². The van der Waals surface area contributed by atoms with Crippen molar-refractivity contribution in [3.8, 4) is 0 Å². The quantitative estimate of drug-likeness (QED) is 0.663. The number of hydrogen-bond donors (Lipinski definition) is 1. The molecule has 25 heavy (non-hydrogen) atoms. The Kier molecular flexibility index (Phi) is 4.47. The summed E-state index contributed by atoms with van der Waals surface area (Å²) in [6, 6.07) is 6.84. The van der Waals surface area contributed by atoms with Crippen LogP contribution in [-0.2, 0) is 9.53 Å². The van der Waals surface area contributed by atoms with E-state index >= 15 is 0 Å². The van der Waals surface area contributed by atoms with Crippen molar-refractivity contribution in [2.75, 3.05) is 5.32 Å². The first kappa shape index (κ1) is 17.4. The van der Waals surface area contributed by atoms with E-state index in [0.717, 1.165) is 22.5 Å². The van der Waals surface area contributed by atoms with Gasteiger partial charge in [-0.2, -0.15) is 0 Å². The average molecular weight is 359 g/mol. The Bertz CT molecular complexity index is 838. The fourth-order valence-electron chi connectivity index (χ4n) is 2.54. The number of nitrogens with one attached hydrogen (secondary N) is 1. The molecule has 0 radical (unpaired) electrons. The van der Waals surface area contributed by atoms with Gasteiger partial charge in [-0.3, -0.25) is 4.99 Å². The highest BCUT2D eigenvalue weighted by molar-refractivity contribution is 6.28. The molecule has 1 unspecified atom stereocenters. The number of rotatable bonds is 3. The number of aliphatic imine (C=N–C) groups is 1. The normalized spacial score (nSPS) is 15.8. The largest absolute Gasteiger partial charge is 0.458 e.